The summed E-state index contributed by atoms with van der Waals surface area (Å²) in [5, 5.41) is 0. The van der Waals surface area contributed by atoms with Crippen LogP contribution >= 0.6 is 24.8 Å². The molecule has 0 radical (unpaired) electrons. The number of methoxy groups -OCH3 is 2. The monoisotopic (exact) mass is 354 g/mol. The molecule has 2 rings (SSSR count). The third-order valence-corrected chi connectivity index (χ3v) is 3.24. The molecule has 0 aromatic carbocycles. The van der Waals surface area contributed by atoms with Crippen LogP contribution in [0.4, 0.5) is 0 Å². The van der Waals surface area contributed by atoms with Crippen molar-refractivity contribution in [1.82, 2.24) is 0 Å². The van der Waals surface area contributed by atoms with E-state index in [2.05, 4.69) is 9.47 Å². The highest BCUT2D eigenvalue weighted by Gasteiger charge is 2.23. The van der Waals surface area contributed by atoms with E-state index < -0.39 is 0 Å². The molecule has 0 aromatic rings. The Bertz CT molecular complexity index is 378. The number of esters is 2. The molecule has 128 valence electrons. The smallest absolute Gasteiger partial charge is 0.312 e. The summed E-state index contributed by atoms with van der Waals surface area (Å²) in [6.45, 7) is 0. The average Bonchev–Trinajstić information content (AvgIpc) is 3.06. The summed E-state index contributed by atoms with van der Waals surface area (Å²) in [4.78, 5) is 21.7. The van der Waals surface area contributed by atoms with E-state index in [1.807, 2.05) is 12.2 Å². The zero-order valence-corrected chi connectivity index (χ0v) is 14.3. The fourth-order valence-corrected chi connectivity index (χ4v) is 2.11. The molecule has 0 aromatic heterocycles. The summed E-state index contributed by atoms with van der Waals surface area (Å²) in [5.74, 6) is -0.603. The Kier molecular flexibility index (Phi) is 12.1. The van der Waals surface area contributed by atoms with Gasteiger partial charge in [0, 0.05) is 12.1 Å². The Labute approximate surface area is 143 Å². The van der Waals surface area contributed by atoms with Crippen LogP contribution in [-0.4, -0.2) is 38.2 Å². The van der Waals surface area contributed by atoms with Crippen molar-refractivity contribution in [3.63, 3.8) is 0 Å². The Hall–Kier alpha value is -1.08. The van der Waals surface area contributed by atoms with Gasteiger partial charge in [-0.3, -0.25) is 9.59 Å². The van der Waals surface area contributed by atoms with Gasteiger partial charge in [-0.25, -0.2) is 0 Å². The Balaban J connectivity index is 0. The molecule has 4 atom stereocenters. The predicted octanol–water partition coefficient (Wildman–Crippen LogP) is 0.969. The molecule has 4 N–H and O–H groups in total. The van der Waals surface area contributed by atoms with Crippen molar-refractivity contribution < 1.29 is 19.1 Å². The van der Waals surface area contributed by atoms with Gasteiger partial charge in [0.2, 0.25) is 0 Å². The van der Waals surface area contributed by atoms with Crippen molar-refractivity contribution in [3.05, 3.63) is 24.3 Å². The minimum Gasteiger partial charge on any atom is -0.469 e. The van der Waals surface area contributed by atoms with E-state index in [-0.39, 0.29) is 60.7 Å². The molecule has 8 heteroatoms. The molecule has 0 fully saturated rings. The molecular weight excluding hydrogens is 331 g/mol. The van der Waals surface area contributed by atoms with Crippen molar-refractivity contribution in [1.29, 1.82) is 0 Å². The lowest BCUT2D eigenvalue weighted by molar-refractivity contribution is -0.144. The van der Waals surface area contributed by atoms with Gasteiger partial charge in [-0.1, -0.05) is 24.3 Å². The molecule has 0 heterocycles. The summed E-state index contributed by atoms with van der Waals surface area (Å²) in [6.07, 6.45) is 8.65. The number of hydrogen-bond acceptors (Lipinski definition) is 6. The molecule has 6 nitrogen and oxygen atoms in total. The van der Waals surface area contributed by atoms with Crippen LogP contribution in [0, 0.1) is 11.8 Å². The van der Waals surface area contributed by atoms with Crippen LogP contribution < -0.4 is 11.5 Å². The van der Waals surface area contributed by atoms with Crippen LogP contribution in [0.2, 0.25) is 0 Å². The van der Waals surface area contributed by atoms with E-state index in [1.165, 1.54) is 14.2 Å². The minimum atomic E-state index is -0.191. The fraction of sp³-hybridized carbons (Fsp3) is 0.571. The van der Waals surface area contributed by atoms with E-state index in [0.717, 1.165) is 0 Å². The summed E-state index contributed by atoms with van der Waals surface area (Å²) >= 11 is 0. The maximum absolute atomic E-state index is 10.8. The van der Waals surface area contributed by atoms with Crippen molar-refractivity contribution in [3.8, 4) is 0 Å². The maximum Gasteiger partial charge on any atom is 0.312 e. The summed E-state index contributed by atoms with van der Waals surface area (Å²) < 4.78 is 9.07. The van der Waals surface area contributed by atoms with Gasteiger partial charge in [-0.05, 0) is 12.8 Å². The number of carbonyl (C=O) groups excluding carboxylic acids is 2. The zero-order chi connectivity index (χ0) is 15.1. The van der Waals surface area contributed by atoms with Gasteiger partial charge >= 0.3 is 11.9 Å². The molecule has 22 heavy (non-hydrogen) atoms. The van der Waals surface area contributed by atoms with Gasteiger partial charge in [-0.2, -0.15) is 0 Å². The van der Waals surface area contributed by atoms with E-state index in [9.17, 15) is 9.59 Å². The van der Waals surface area contributed by atoms with Gasteiger partial charge in [0.25, 0.3) is 0 Å². The number of halogens is 2. The lowest BCUT2D eigenvalue weighted by atomic mass is 10.1. The average molecular weight is 355 g/mol. The predicted molar refractivity (Wildman–Crippen MR) is 89.0 cm³/mol. The molecule has 0 bridgehead atoms. The number of hydrogen-bond donors (Lipinski definition) is 2. The Morgan fingerprint density at radius 3 is 1.32 bits per heavy atom. The zero-order valence-electron chi connectivity index (χ0n) is 12.6. The van der Waals surface area contributed by atoms with E-state index in [0.29, 0.717) is 12.8 Å². The van der Waals surface area contributed by atoms with Crippen molar-refractivity contribution in [2.45, 2.75) is 24.9 Å². The molecule has 2 aliphatic rings. The standard InChI is InChI=1S/2C7H11NO2.2ClH/c2*1-10-7(9)5-2-3-6(8)4-5;;/h2*2-3,5-6H,4,8H2,1H3;2*1H. The molecule has 2 aliphatic carbocycles. The van der Waals surface area contributed by atoms with Crippen LogP contribution in [0.15, 0.2) is 24.3 Å². The van der Waals surface area contributed by atoms with Gasteiger partial charge in [0.1, 0.15) is 0 Å². The Morgan fingerprint density at radius 2 is 1.14 bits per heavy atom. The maximum atomic E-state index is 10.8. The van der Waals surface area contributed by atoms with Crippen LogP contribution in [-0.2, 0) is 19.1 Å². The molecule has 4 unspecified atom stereocenters. The number of carbonyl (C=O) groups is 2. The summed E-state index contributed by atoms with van der Waals surface area (Å²) in [5.41, 5.74) is 11.0. The fourth-order valence-electron chi connectivity index (χ4n) is 2.11. The highest BCUT2D eigenvalue weighted by atomic mass is 35.5. The number of ether oxygens (including phenoxy) is 2. The van der Waals surface area contributed by atoms with Crippen molar-refractivity contribution in [2.75, 3.05) is 14.2 Å². The first-order chi connectivity index (χ1) is 9.47. The van der Waals surface area contributed by atoms with E-state index in [1.54, 1.807) is 12.2 Å². The number of nitrogens with two attached hydrogens (primary N) is 2. The summed E-state index contributed by atoms with van der Waals surface area (Å²) in [7, 11) is 2.78. The number of rotatable bonds is 2. The highest BCUT2D eigenvalue weighted by Crippen LogP contribution is 2.17. The van der Waals surface area contributed by atoms with Crippen LogP contribution in [0.3, 0.4) is 0 Å². The Morgan fingerprint density at radius 1 is 0.818 bits per heavy atom. The first kappa shape index (κ1) is 23.2. The molecular formula is C14H24Cl2N2O4. The van der Waals surface area contributed by atoms with Gasteiger partial charge in [-0.15, -0.1) is 24.8 Å². The second-order valence-corrected chi connectivity index (χ2v) is 4.83. The molecule has 0 saturated carbocycles. The van der Waals surface area contributed by atoms with E-state index in [4.69, 9.17) is 11.5 Å². The molecule has 0 amide bonds. The minimum absolute atomic E-state index is 0. The second kappa shape index (κ2) is 11.5. The first-order valence-electron chi connectivity index (χ1n) is 6.51. The largest absolute Gasteiger partial charge is 0.469 e. The molecule has 0 saturated heterocycles. The quantitative estimate of drug-likeness (QED) is 0.565. The van der Waals surface area contributed by atoms with Gasteiger partial charge in [0.05, 0.1) is 26.1 Å². The lowest BCUT2D eigenvalue weighted by Crippen LogP contribution is -2.19. The normalized spacial score (nSPS) is 27.8. The van der Waals surface area contributed by atoms with Crippen molar-refractivity contribution in [2.24, 2.45) is 23.3 Å². The lowest BCUT2D eigenvalue weighted by Gasteiger charge is -2.04. The van der Waals surface area contributed by atoms with Crippen LogP contribution in [0.5, 0.6) is 0 Å². The second-order valence-electron chi connectivity index (χ2n) is 4.83. The van der Waals surface area contributed by atoms with Gasteiger partial charge < -0.3 is 20.9 Å². The van der Waals surface area contributed by atoms with Crippen LogP contribution in [0.1, 0.15) is 12.8 Å². The first-order valence-corrected chi connectivity index (χ1v) is 6.51. The summed E-state index contributed by atoms with van der Waals surface area (Å²) in [6, 6.07) is 0.0631. The van der Waals surface area contributed by atoms with Crippen LogP contribution in [0.25, 0.3) is 0 Å². The van der Waals surface area contributed by atoms with Crippen molar-refractivity contribution >= 4 is 36.8 Å². The molecule has 0 aliphatic heterocycles. The topological polar surface area (TPSA) is 105 Å². The van der Waals surface area contributed by atoms with E-state index >= 15 is 0 Å². The SMILES string of the molecule is COC(=O)C1C=CC(N)C1.COC(=O)C1C=CC(N)C1.Cl.Cl. The third-order valence-electron chi connectivity index (χ3n) is 3.24. The highest BCUT2D eigenvalue weighted by molar-refractivity contribution is 5.85. The molecule has 0 spiro atoms. The van der Waals surface area contributed by atoms with Gasteiger partial charge in [0.15, 0.2) is 0 Å². The third kappa shape index (κ3) is 7.26.